The number of ether oxygens (including phenoxy) is 1. The van der Waals surface area contributed by atoms with Gasteiger partial charge in [-0.3, -0.25) is 0 Å². The molecule has 0 aliphatic heterocycles. The summed E-state index contributed by atoms with van der Waals surface area (Å²) in [5.74, 6) is -0.173. The Morgan fingerprint density at radius 1 is 1.44 bits per heavy atom. The molecule has 0 fully saturated rings. The lowest BCUT2D eigenvalue weighted by Crippen LogP contribution is -2.49. The smallest absolute Gasteiger partial charge is 0.126 e. The van der Waals surface area contributed by atoms with Crippen molar-refractivity contribution in [1.29, 1.82) is 0 Å². The summed E-state index contributed by atoms with van der Waals surface area (Å²) in [6.07, 6.45) is 0.597. The maximum Gasteiger partial charge on any atom is 0.126 e. The summed E-state index contributed by atoms with van der Waals surface area (Å²) in [5.41, 5.74) is 0.352. The van der Waals surface area contributed by atoms with Crippen molar-refractivity contribution in [3.63, 3.8) is 0 Å². The first-order valence-corrected chi connectivity index (χ1v) is 6.92. The van der Waals surface area contributed by atoms with Crippen LogP contribution in [0.4, 0.5) is 4.39 Å². The Morgan fingerprint density at radius 3 is 2.67 bits per heavy atom. The first-order valence-electron chi connectivity index (χ1n) is 6.13. The standard InChI is InChI=1S/C14H21BrFNO/c1-5-17-13(14(2,3)18-4)9-10-8-11(15)6-7-12(10)16/h6-8,13,17H,5,9H2,1-4H3. The highest BCUT2D eigenvalue weighted by Crippen LogP contribution is 2.22. The van der Waals surface area contributed by atoms with Gasteiger partial charge in [0.1, 0.15) is 5.82 Å². The first-order chi connectivity index (χ1) is 8.40. The third kappa shape index (κ3) is 4.04. The highest BCUT2D eigenvalue weighted by atomic mass is 79.9. The van der Waals surface area contributed by atoms with Crippen molar-refractivity contribution < 1.29 is 9.13 Å². The summed E-state index contributed by atoms with van der Waals surface area (Å²) in [6.45, 7) is 6.88. The van der Waals surface area contributed by atoms with E-state index >= 15 is 0 Å². The van der Waals surface area contributed by atoms with Gasteiger partial charge in [0.25, 0.3) is 0 Å². The van der Waals surface area contributed by atoms with Crippen molar-refractivity contribution in [1.82, 2.24) is 5.32 Å². The molecule has 0 aromatic heterocycles. The van der Waals surface area contributed by atoms with Gasteiger partial charge in [-0.1, -0.05) is 22.9 Å². The number of likely N-dealkylation sites (N-methyl/N-ethyl adjacent to an activating group) is 1. The zero-order chi connectivity index (χ0) is 13.8. The molecule has 0 aliphatic rings. The summed E-state index contributed by atoms with van der Waals surface area (Å²) in [7, 11) is 1.68. The molecule has 0 saturated carbocycles. The molecular formula is C14H21BrFNO. The van der Waals surface area contributed by atoms with Crippen LogP contribution in [0, 0.1) is 5.82 Å². The van der Waals surface area contributed by atoms with Crippen LogP contribution >= 0.6 is 15.9 Å². The van der Waals surface area contributed by atoms with E-state index in [-0.39, 0.29) is 17.5 Å². The molecule has 0 saturated heterocycles. The topological polar surface area (TPSA) is 21.3 Å². The zero-order valence-electron chi connectivity index (χ0n) is 11.4. The maximum absolute atomic E-state index is 13.8. The van der Waals surface area contributed by atoms with E-state index in [1.54, 1.807) is 13.2 Å². The van der Waals surface area contributed by atoms with E-state index in [4.69, 9.17) is 4.74 Å². The third-order valence-corrected chi connectivity index (χ3v) is 3.74. The Morgan fingerprint density at radius 2 is 2.11 bits per heavy atom. The van der Waals surface area contributed by atoms with Crippen molar-refractivity contribution >= 4 is 15.9 Å². The number of halogens is 2. The molecule has 0 aliphatic carbocycles. The molecule has 0 heterocycles. The SMILES string of the molecule is CCNC(Cc1cc(Br)ccc1F)C(C)(C)OC. The van der Waals surface area contributed by atoms with Crippen LogP contribution in [-0.2, 0) is 11.2 Å². The van der Waals surface area contributed by atoms with Crippen LogP contribution in [0.2, 0.25) is 0 Å². The molecule has 4 heteroatoms. The normalized spacial score (nSPS) is 13.7. The second-order valence-electron chi connectivity index (χ2n) is 4.86. The van der Waals surface area contributed by atoms with Crippen LogP contribution in [0.1, 0.15) is 26.3 Å². The molecule has 1 N–H and O–H groups in total. The summed E-state index contributed by atoms with van der Waals surface area (Å²) >= 11 is 3.37. The monoisotopic (exact) mass is 317 g/mol. The Labute approximate surface area is 117 Å². The van der Waals surface area contributed by atoms with Gasteiger partial charge in [-0.2, -0.15) is 0 Å². The lowest BCUT2D eigenvalue weighted by Gasteiger charge is -2.34. The Hall–Kier alpha value is -0.450. The highest BCUT2D eigenvalue weighted by Gasteiger charge is 2.29. The van der Waals surface area contributed by atoms with Gasteiger partial charge in [0.15, 0.2) is 0 Å². The molecular weight excluding hydrogens is 297 g/mol. The Bertz CT molecular complexity index is 395. The van der Waals surface area contributed by atoms with Gasteiger partial charge in [-0.05, 0) is 50.6 Å². The predicted octanol–water partition coefficient (Wildman–Crippen LogP) is 3.53. The van der Waals surface area contributed by atoms with Crippen LogP contribution in [-0.4, -0.2) is 25.3 Å². The number of methoxy groups -OCH3 is 1. The van der Waals surface area contributed by atoms with Crippen LogP contribution in [0.25, 0.3) is 0 Å². The average molecular weight is 318 g/mol. The minimum absolute atomic E-state index is 0.0660. The Balaban J connectivity index is 2.93. The number of benzene rings is 1. The second kappa shape index (κ2) is 6.64. The van der Waals surface area contributed by atoms with E-state index in [0.29, 0.717) is 12.0 Å². The van der Waals surface area contributed by atoms with Crippen molar-refractivity contribution in [2.24, 2.45) is 0 Å². The molecule has 0 amide bonds. The van der Waals surface area contributed by atoms with E-state index < -0.39 is 0 Å². The molecule has 1 aromatic rings. The number of rotatable bonds is 6. The minimum atomic E-state index is -0.342. The van der Waals surface area contributed by atoms with Gasteiger partial charge in [-0.25, -0.2) is 4.39 Å². The lowest BCUT2D eigenvalue weighted by atomic mass is 9.92. The van der Waals surface area contributed by atoms with Crippen molar-refractivity contribution in [3.05, 3.63) is 34.1 Å². The fourth-order valence-electron chi connectivity index (χ4n) is 1.87. The molecule has 1 unspecified atom stereocenters. The fraction of sp³-hybridized carbons (Fsp3) is 0.571. The van der Waals surface area contributed by atoms with Gasteiger partial charge in [0, 0.05) is 17.6 Å². The molecule has 1 rings (SSSR count). The number of hydrogen-bond acceptors (Lipinski definition) is 2. The average Bonchev–Trinajstić information content (AvgIpc) is 2.33. The van der Waals surface area contributed by atoms with Crippen LogP contribution < -0.4 is 5.32 Å². The highest BCUT2D eigenvalue weighted by molar-refractivity contribution is 9.10. The summed E-state index contributed by atoms with van der Waals surface area (Å²) in [5, 5.41) is 3.36. The van der Waals surface area contributed by atoms with Gasteiger partial charge in [0.2, 0.25) is 0 Å². The predicted molar refractivity (Wildman–Crippen MR) is 76.4 cm³/mol. The van der Waals surface area contributed by atoms with Crippen LogP contribution in [0.15, 0.2) is 22.7 Å². The molecule has 1 aromatic carbocycles. The van der Waals surface area contributed by atoms with Gasteiger partial charge >= 0.3 is 0 Å². The molecule has 0 spiro atoms. The van der Waals surface area contributed by atoms with Crippen LogP contribution in [0.5, 0.6) is 0 Å². The van der Waals surface area contributed by atoms with Crippen molar-refractivity contribution in [2.45, 2.75) is 38.8 Å². The van der Waals surface area contributed by atoms with E-state index in [2.05, 4.69) is 21.2 Å². The van der Waals surface area contributed by atoms with E-state index in [1.807, 2.05) is 26.8 Å². The molecule has 0 radical (unpaired) electrons. The molecule has 18 heavy (non-hydrogen) atoms. The quantitative estimate of drug-likeness (QED) is 0.866. The summed E-state index contributed by atoms with van der Waals surface area (Å²) in [4.78, 5) is 0. The van der Waals surface area contributed by atoms with Gasteiger partial charge < -0.3 is 10.1 Å². The van der Waals surface area contributed by atoms with Gasteiger partial charge in [-0.15, -0.1) is 0 Å². The Kier molecular flexibility index (Phi) is 5.76. The van der Waals surface area contributed by atoms with Crippen molar-refractivity contribution in [2.75, 3.05) is 13.7 Å². The molecule has 2 nitrogen and oxygen atoms in total. The number of nitrogens with one attached hydrogen (secondary N) is 1. The molecule has 102 valence electrons. The molecule has 1 atom stereocenters. The first kappa shape index (κ1) is 15.6. The van der Waals surface area contributed by atoms with E-state index in [1.165, 1.54) is 6.07 Å². The number of hydrogen-bond donors (Lipinski definition) is 1. The van der Waals surface area contributed by atoms with Crippen molar-refractivity contribution in [3.8, 4) is 0 Å². The lowest BCUT2D eigenvalue weighted by molar-refractivity contribution is -0.00978. The summed E-state index contributed by atoms with van der Waals surface area (Å²) in [6, 6.07) is 5.09. The minimum Gasteiger partial charge on any atom is -0.377 e. The maximum atomic E-state index is 13.8. The fourth-order valence-corrected chi connectivity index (χ4v) is 2.28. The van der Waals surface area contributed by atoms with Crippen LogP contribution in [0.3, 0.4) is 0 Å². The van der Waals surface area contributed by atoms with E-state index in [9.17, 15) is 4.39 Å². The zero-order valence-corrected chi connectivity index (χ0v) is 13.0. The largest absolute Gasteiger partial charge is 0.377 e. The molecule has 0 bridgehead atoms. The van der Waals surface area contributed by atoms with E-state index in [0.717, 1.165) is 11.0 Å². The third-order valence-electron chi connectivity index (χ3n) is 3.25. The second-order valence-corrected chi connectivity index (χ2v) is 5.77. The van der Waals surface area contributed by atoms with Gasteiger partial charge in [0.05, 0.1) is 5.60 Å². The summed E-state index contributed by atoms with van der Waals surface area (Å²) < 4.78 is 20.2.